The van der Waals surface area contributed by atoms with E-state index >= 15 is 0 Å². The van der Waals surface area contributed by atoms with Gasteiger partial charge in [0.1, 0.15) is 0 Å². The molecule has 0 aliphatic carbocycles. The Bertz CT molecular complexity index is 674. The second-order valence-corrected chi connectivity index (χ2v) is 7.82. The molecule has 3 rings (SSSR count). The van der Waals surface area contributed by atoms with Crippen LogP contribution in [0.3, 0.4) is 0 Å². The number of hydrogen-bond donors (Lipinski definition) is 0. The number of rotatable bonds is 4. The Kier molecular flexibility index (Phi) is 5.00. The molecule has 8 heteroatoms. The van der Waals surface area contributed by atoms with Crippen molar-refractivity contribution in [3.63, 3.8) is 0 Å². The zero-order valence-electron chi connectivity index (χ0n) is 14.0. The van der Waals surface area contributed by atoms with Crippen LogP contribution in [-0.4, -0.2) is 59.0 Å². The Morgan fingerprint density at radius 3 is 2.25 bits per heavy atom. The number of sulfonamides is 1. The van der Waals surface area contributed by atoms with Crippen molar-refractivity contribution < 1.29 is 27.4 Å². The molecule has 0 saturated carbocycles. The second kappa shape index (κ2) is 6.87. The molecule has 0 atom stereocenters. The van der Waals surface area contributed by atoms with Crippen LogP contribution in [0, 0.1) is 0 Å². The molecule has 0 bridgehead atoms. The van der Waals surface area contributed by atoms with Crippen LogP contribution in [0.4, 0.5) is 0 Å². The molecule has 0 unspecified atom stereocenters. The van der Waals surface area contributed by atoms with Crippen molar-refractivity contribution in [2.24, 2.45) is 0 Å². The van der Waals surface area contributed by atoms with E-state index < -0.39 is 15.8 Å². The summed E-state index contributed by atoms with van der Waals surface area (Å²) in [5, 5.41) is 0. The minimum absolute atomic E-state index is 0.196. The van der Waals surface area contributed by atoms with Gasteiger partial charge in [0.2, 0.25) is 10.0 Å². The number of ether oxygens (including phenoxy) is 4. The fourth-order valence-electron chi connectivity index (χ4n) is 3.10. The lowest BCUT2D eigenvalue weighted by Crippen LogP contribution is -2.51. The Morgan fingerprint density at radius 2 is 1.67 bits per heavy atom. The zero-order valence-corrected chi connectivity index (χ0v) is 14.8. The molecule has 0 N–H and O–H groups in total. The van der Waals surface area contributed by atoms with E-state index in [1.54, 1.807) is 6.07 Å². The Morgan fingerprint density at radius 1 is 1.04 bits per heavy atom. The van der Waals surface area contributed by atoms with Crippen molar-refractivity contribution in [3.05, 3.63) is 18.2 Å². The molecule has 2 saturated heterocycles. The van der Waals surface area contributed by atoms with Gasteiger partial charge in [-0.05, 0) is 18.6 Å². The zero-order chi connectivity index (χ0) is 17.2. The van der Waals surface area contributed by atoms with Crippen LogP contribution in [0.1, 0.15) is 19.3 Å². The van der Waals surface area contributed by atoms with Crippen LogP contribution >= 0.6 is 0 Å². The van der Waals surface area contributed by atoms with E-state index in [9.17, 15) is 8.42 Å². The number of hydrogen-bond acceptors (Lipinski definition) is 6. The highest BCUT2D eigenvalue weighted by molar-refractivity contribution is 7.89. The van der Waals surface area contributed by atoms with Gasteiger partial charge in [0.25, 0.3) is 0 Å². The minimum Gasteiger partial charge on any atom is -0.493 e. The topological polar surface area (TPSA) is 74.3 Å². The van der Waals surface area contributed by atoms with Crippen LogP contribution in [0.5, 0.6) is 11.5 Å². The monoisotopic (exact) mass is 357 g/mol. The first kappa shape index (κ1) is 17.5. The van der Waals surface area contributed by atoms with Gasteiger partial charge >= 0.3 is 0 Å². The van der Waals surface area contributed by atoms with Gasteiger partial charge in [0.15, 0.2) is 17.3 Å². The molecule has 2 aliphatic rings. The summed E-state index contributed by atoms with van der Waals surface area (Å²) in [5.41, 5.74) is 0. The van der Waals surface area contributed by atoms with Crippen molar-refractivity contribution in [1.29, 1.82) is 0 Å². The highest BCUT2D eigenvalue weighted by Gasteiger charge is 2.41. The molecule has 0 aromatic heterocycles. The summed E-state index contributed by atoms with van der Waals surface area (Å²) < 4.78 is 49.1. The van der Waals surface area contributed by atoms with E-state index in [1.165, 1.54) is 30.7 Å². The Hall–Kier alpha value is -1.35. The number of nitrogens with zero attached hydrogens (tertiary/aromatic N) is 1. The maximum atomic E-state index is 12.9. The molecule has 2 fully saturated rings. The predicted octanol–water partition coefficient (Wildman–Crippen LogP) is 1.62. The minimum atomic E-state index is -3.59. The maximum Gasteiger partial charge on any atom is 0.243 e. The lowest BCUT2D eigenvalue weighted by molar-refractivity contribution is -0.280. The Labute approximate surface area is 142 Å². The summed E-state index contributed by atoms with van der Waals surface area (Å²) in [5.74, 6) is 0.283. The van der Waals surface area contributed by atoms with Crippen LogP contribution in [-0.2, 0) is 19.5 Å². The molecule has 2 heterocycles. The second-order valence-electron chi connectivity index (χ2n) is 5.88. The summed E-state index contributed by atoms with van der Waals surface area (Å²) in [6.07, 6.45) is 1.97. The van der Waals surface area contributed by atoms with E-state index in [2.05, 4.69) is 0 Å². The van der Waals surface area contributed by atoms with Crippen molar-refractivity contribution >= 4 is 10.0 Å². The first-order valence-corrected chi connectivity index (χ1v) is 9.45. The average Bonchev–Trinajstić information content (AvgIpc) is 2.62. The first-order valence-electron chi connectivity index (χ1n) is 8.01. The molecule has 1 aromatic carbocycles. The van der Waals surface area contributed by atoms with Crippen LogP contribution in [0.15, 0.2) is 23.1 Å². The van der Waals surface area contributed by atoms with Gasteiger partial charge in [0.05, 0.1) is 32.3 Å². The van der Waals surface area contributed by atoms with E-state index in [-0.39, 0.29) is 4.90 Å². The fraction of sp³-hybridized carbons (Fsp3) is 0.625. The van der Waals surface area contributed by atoms with Gasteiger partial charge in [-0.15, -0.1) is 0 Å². The number of methoxy groups -OCH3 is 2. The SMILES string of the molecule is COc1ccc(S(=O)(=O)N2CCC3(CC2)OCCCO3)cc1OC. The molecule has 0 amide bonds. The smallest absolute Gasteiger partial charge is 0.243 e. The van der Waals surface area contributed by atoms with E-state index in [1.807, 2.05) is 0 Å². The maximum absolute atomic E-state index is 12.9. The molecule has 1 aromatic rings. The largest absolute Gasteiger partial charge is 0.493 e. The third-order valence-corrected chi connectivity index (χ3v) is 6.39. The van der Waals surface area contributed by atoms with Gasteiger partial charge in [-0.25, -0.2) is 8.42 Å². The fourth-order valence-corrected chi connectivity index (χ4v) is 4.56. The van der Waals surface area contributed by atoms with Gasteiger partial charge in [0, 0.05) is 32.0 Å². The lowest BCUT2D eigenvalue weighted by atomic mass is 10.0. The molecule has 1 spiro atoms. The highest BCUT2D eigenvalue weighted by Crippen LogP contribution is 2.35. The summed E-state index contributed by atoms with van der Waals surface area (Å²) in [6, 6.07) is 4.63. The lowest BCUT2D eigenvalue weighted by Gasteiger charge is -2.42. The molecule has 2 aliphatic heterocycles. The van der Waals surface area contributed by atoms with Crippen molar-refractivity contribution in [1.82, 2.24) is 4.31 Å². The van der Waals surface area contributed by atoms with Crippen molar-refractivity contribution in [3.8, 4) is 11.5 Å². The Balaban J connectivity index is 1.77. The third-order valence-electron chi connectivity index (χ3n) is 4.50. The standard InChI is InChI=1S/C16H23NO6S/c1-20-14-5-4-13(12-15(14)21-2)24(18,19)17-8-6-16(7-9-17)22-10-3-11-23-16/h4-5,12H,3,6-11H2,1-2H3. The third kappa shape index (κ3) is 3.23. The van der Waals surface area contributed by atoms with Crippen LogP contribution < -0.4 is 9.47 Å². The van der Waals surface area contributed by atoms with E-state index in [0.717, 1.165) is 6.42 Å². The van der Waals surface area contributed by atoms with E-state index in [4.69, 9.17) is 18.9 Å². The van der Waals surface area contributed by atoms with Gasteiger partial charge in [-0.2, -0.15) is 4.31 Å². The van der Waals surface area contributed by atoms with Crippen molar-refractivity contribution in [2.45, 2.75) is 29.9 Å². The summed E-state index contributed by atoms with van der Waals surface area (Å²) in [4.78, 5) is 0.196. The number of benzene rings is 1. The molecule has 7 nitrogen and oxygen atoms in total. The number of piperidine rings is 1. The van der Waals surface area contributed by atoms with Crippen molar-refractivity contribution in [2.75, 3.05) is 40.5 Å². The molecular weight excluding hydrogens is 334 g/mol. The molecular formula is C16H23NO6S. The summed E-state index contributed by atoms with van der Waals surface area (Å²) in [6.45, 7) is 2.08. The van der Waals surface area contributed by atoms with E-state index in [0.29, 0.717) is 50.6 Å². The molecule has 0 radical (unpaired) electrons. The van der Waals surface area contributed by atoms with Gasteiger partial charge in [-0.1, -0.05) is 0 Å². The summed E-state index contributed by atoms with van der Waals surface area (Å²) in [7, 11) is -0.591. The van der Waals surface area contributed by atoms with Crippen LogP contribution in [0.2, 0.25) is 0 Å². The predicted molar refractivity (Wildman–Crippen MR) is 86.8 cm³/mol. The normalized spacial score (nSPS) is 21.6. The van der Waals surface area contributed by atoms with Gasteiger partial charge in [-0.3, -0.25) is 0 Å². The quantitative estimate of drug-likeness (QED) is 0.815. The highest BCUT2D eigenvalue weighted by atomic mass is 32.2. The molecule has 24 heavy (non-hydrogen) atoms. The molecule has 134 valence electrons. The van der Waals surface area contributed by atoms with Crippen LogP contribution in [0.25, 0.3) is 0 Å². The summed E-state index contributed by atoms with van der Waals surface area (Å²) >= 11 is 0. The average molecular weight is 357 g/mol. The van der Waals surface area contributed by atoms with Gasteiger partial charge < -0.3 is 18.9 Å². The first-order chi connectivity index (χ1) is 11.5.